The Bertz CT molecular complexity index is 537. The number of nitrogens with zero attached hydrogens (tertiary/aromatic N) is 4. The van der Waals surface area contributed by atoms with Gasteiger partial charge in [-0.15, -0.1) is 5.10 Å². The topological polar surface area (TPSA) is 78.8 Å². The van der Waals surface area contributed by atoms with Crippen molar-refractivity contribution >= 4 is 5.69 Å². The minimum Gasteiger partial charge on any atom is -0.399 e. The summed E-state index contributed by atoms with van der Waals surface area (Å²) in [5, 5.41) is 12.0. The van der Waals surface area contributed by atoms with E-state index in [1.807, 2.05) is 28.9 Å². The molecule has 0 radical (unpaired) electrons. The maximum atomic E-state index is 5.81. The monoisotopic (exact) mass is 261 g/mol. The van der Waals surface area contributed by atoms with Gasteiger partial charge in [0.05, 0.1) is 12.6 Å². The highest BCUT2D eigenvalue weighted by Gasteiger charge is 2.21. The van der Waals surface area contributed by atoms with Crippen molar-refractivity contribution in [3.05, 3.63) is 24.3 Å². The molecule has 19 heavy (non-hydrogen) atoms. The standard InChI is InChI=1S/C13H19N5O/c1-9(2)12(8-19-3)18-13(15-16-17-18)10-5-4-6-11(14)7-10/h4-7,9,12H,8,14H2,1-3H3. The molecule has 2 N–H and O–H groups in total. The first kappa shape index (κ1) is 13.5. The molecule has 0 aliphatic rings. The first-order valence-electron chi connectivity index (χ1n) is 6.26. The lowest BCUT2D eigenvalue weighted by Crippen LogP contribution is -2.22. The van der Waals surface area contributed by atoms with E-state index in [2.05, 4.69) is 29.4 Å². The van der Waals surface area contributed by atoms with Gasteiger partial charge < -0.3 is 10.5 Å². The van der Waals surface area contributed by atoms with E-state index in [9.17, 15) is 0 Å². The average Bonchev–Trinajstić information content (AvgIpc) is 2.84. The van der Waals surface area contributed by atoms with Crippen molar-refractivity contribution in [2.45, 2.75) is 19.9 Å². The minimum absolute atomic E-state index is 0.0939. The minimum atomic E-state index is 0.0939. The van der Waals surface area contributed by atoms with E-state index in [0.717, 1.165) is 5.56 Å². The summed E-state index contributed by atoms with van der Waals surface area (Å²) >= 11 is 0. The fourth-order valence-electron chi connectivity index (χ4n) is 2.00. The third-order valence-corrected chi connectivity index (χ3v) is 3.06. The molecule has 2 rings (SSSR count). The van der Waals surface area contributed by atoms with Crippen molar-refractivity contribution in [2.24, 2.45) is 5.92 Å². The van der Waals surface area contributed by atoms with Crippen LogP contribution < -0.4 is 5.73 Å². The molecule has 2 aromatic rings. The van der Waals surface area contributed by atoms with Crippen LogP contribution in [0.25, 0.3) is 11.4 Å². The summed E-state index contributed by atoms with van der Waals surface area (Å²) in [5.74, 6) is 1.08. The molecule has 0 aliphatic heterocycles. The van der Waals surface area contributed by atoms with Gasteiger partial charge in [-0.1, -0.05) is 26.0 Å². The van der Waals surface area contributed by atoms with E-state index in [1.54, 1.807) is 7.11 Å². The number of nitrogens with two attached hydrogens (primary N) is 1. The van der Waals surface area contributed by atoms with Crippen molar-refractivity contribution in [3.8, 4) is 11.4 Å². The summed E-state index contributed by atoms with van der Waals surface area (Å²) in [7, 11) is 1.68. The average molecular weight is 261 g/mol. The first-order valence-corrected chi connectivity index (χ1v) is 6.26. The Balaban J connectivity index is 2.41. The van der Waals surface area contributed by atoms with Gasteiger partial charge in [-0.05, 0) is 28.5 Å². The van der Waals surface area contributed by atoms with Gasteiger partial charge in [0.1, 0.15) is 0 Å². The summed E-state index contributed by atoms with van der Waals surface area (Å²) in [5.41, 5.74) is 7.41. The highest BCUT2D eigenvalue weighted by molar-refractivity contribution is 5.60. The largest absolute Gasteiger partial charge is 0.399 e. The SMILES string of the molecule is COCC(C(C)C)n1nnnc1-c1cccc(N)c1. The van der Waals surface area contributed by atoms with Crippen molar-refractivity contribution in [1.82, 2.24) is 20.2 Å². The van der Waals surface area contributed by atoms with E-state index in [0.29, 0.717) is 24.0 Å². The molecule has 102 valence electrons. The number of ether oxygens (including phenoxy) is 1. The number of nitrogen functional groups attached to an aromatic ring is 1. The van der Waals surface area contributed by atoms with Crippen LogP contribution in [-0.4, -0.2) is 33.9 Å². The molecule has 1 atom stereocenters. The zero-order chi connectivity index (χ0) is 13.8. The number of rotatable bonds is 5. The summed E-state index contributed by atoms with van der Waals surface area (Å²) < 4.78 is 7.07. The Morgan fingerprint density at radius 2 is 2.16 bits per heavy atom. The normalized spacial score (nSPS) is 12.8. The van der Waals surface area contributed by atoms with Crippen LogP contribution in [0, 0.1) is 5.92 Å². The quantitative estimate of drug-likeness (QED) is 0.830. The number of methoxy groups -OCH3 is 1. The van der Waals surface area contributed by atoms with Crippen LogP contribution >= 0.6 is 0 Å². The lowest BCUT2D eigenvalue weighted by atomic mass is 10.0. The van der Waals surface area contributed by atoms with Crippen LogP contribution in [0.2, 0.25) is 0 Å². The number of aromatic nitrogens is 4. The van der Waals surface area contributed by atoms with E-state index in [4.69, 9.17) is 10.5 Å². The molecule has 0 amide bonds. The summed E-state index contributed by atoms with van der Waals surface area (Å²) in [6.45, 7) is 4.81. The van der Waals surface area contributed by atoms with Crippen LogP contribution in [0.15, 0.2) is 24.3 Å². The van der Waals surface area contributed by atoms with E-state index in [-0.39, 0.29) is 6.04 Å². The smallest absolute Gasteiger partial charge is 0.182 e. The van der Waals surface area contributed by atoms with Gasteiger partial charge in [-0.3, -0.25) is 0 Å². The number of hydrogen-bond donors (Lipinski definition) is 1. The van der Waals surface area contributed by atoms with Crippen molar-refractivity contribution in [3.63, 3.8) is 0 Å². The highest BCUT2D eigenvalue weighted by Crippen LogP contribution is 2.24. The van der Waals surface area contributed by atoms with Crippen molar-refractivity contribution in [2.75, 3.05) is 19.5 Å². The maximum absolute atomic E-state index is 5.81. The third-order valence-electron chi connectivity index (χ3n) is 3.06. The van der Waals surface area contributed by atoms with E-state index in [1.165, 1.54) is 0 Å². The van der Waals surface area contributed by atoms with Crippen LogP contribution in [0.1, 0.15) is 19.9 Å². The predicted octanol–water partition coefficient (Wildman–Crippen LogP) is 1.77. The second-order valence-corrected chi connectivity index (χ2v) is 4.84. The number of benzene rings is 1. The number of hydrogen-bond acceptors (Lipinski definition) is 5. The molecule has 1 unspecified atom stereocenters. The Morgan fingerprint density at radius 1 is 1.37 bits per heavy atom. The molecule has 0 spiro atoms. The third kappa shape index (κ3) is 2.90. The fourth-order valence-corrected chi connectivity index (χ4v) is 2.00. The van der Waals surface area contributed by atoms with Gasteiger partial charge >= 0.3 is 0 Å². The first-order chi connectivity index (χ1) is 9.13. The molecule has 1 heterocycles. The molecular formula is C13H19N5O. The molecule has 1 aromatic heterocycles. The molecule has 1 aromatic carbocycles. The molecule has 0 aliphatic carbocycles. The Labute approximate surface area is 112 Å². The molecule has 0 saturated carbocycles. The predicted molar refractivity (Wildman–Crippen MR) is 73.4 cm³/mol. The van der Waals surface area contributed by atoms with Gasteiger partial charge in [0.2, 0.25) is 0 Å². The second-order valence-electron chi connectivity index (χ2n) is 4.84. The molecule has 0 bridgehead atoms. The van der Waals surface area contributed by atoms with Crippen molar-refractivity contribution in [1.29, 1.82) is 0 Å². The maximum Gasteiger partial charge on any atom is 0.182 e. The van der Waals surface area contributed by atoms with Gasteiger partial charge in [-0.2, -0.15) is 0 Å². The van der Waals surface area contributed by atoms with Crippen LogP contribution in [0.5, 0.6) is 0 Å². The van der Waals surface area contributed by atoms with Gasteiger partial charge in [0, 0.05) is 18.4 Å². The number of tetrazole rings is 1. The fraction of sp³-hybridized carbons (Fsp3) is 0.462. The van der Waals surface area contributed by atoms with Gasteiger partial charge in [0.15, 0.2) is 5.82 Å². The summed E-state index contributed by atoms with van der Waals surface area (Å²) in [6, 6.07) is 7.64. The zero-order valence-corrected chi connectivity index (χ0v) is 11.4. The summed E-state index contributed by atoms with van der Waals surface area (Å²) in [6.07, 6.45) is 0. The Morgan fingerprint density at radius 3 is 2.79 bits per heavy atom. The zero-order valence-electron chi connectivity index (χ0n) is 11.4. The molecular weight excluding hydrogens is 242 g/mol. The van der Waals surface area contributed by atoms with Crippen molar-refractivity contribution < 1.29 is 4.74 Å². The van der Waals surface area contributed by atoms with Gasteiger partial charge in [-0.25, -0.2) is 4.68 Å². The molecule has 0 fully saturated rings. The molecule has 0 saturated heterocycles. The molecule has 6 nitrogen and oxygen atoms in total. The lowest BCUT2D eigenvalue weighted by molar-refractivity contribution is 0.126. The summed E-state index contributed by atoms with van der Waals surface area (Å²) in [4.78, 5) is 0. The highest BCUT2D eigenvalue weighted by atomic mass is 16.5. The second kappa shape index (κ2) is 5.79. The van der Waals surface area contributed by atoms with Crippen LogP contribution in [-0.2, 0) is 4.74 Å². The Hall–Kier alpha value is -1.95. The van der Waals surface area contributed by atoms with Crippen LogP contribution in [0.3, 0.4) is 0 Å². The molecule has 6 heteroatoms. The van der Waals surface area contributed by atoms with Gasteiger partial charge in [0.25, 0.3) is 0 Å². The number of anilines is 1. The van der Waals surface area contributed by atoms with E-state index < -0.39 is 0 Å². The Kier molecular flexibility index (Phi) is 4.11. The van der Waals surface area contributed by atoms with Crippen LogP contribution in [0.4, 0.5) is 5.69 Å². The lowest BCUT2D eigenvalue weighted by Gasteiger charge is -2.21. The van der Waals surface area contributed by atoms with E-state index >= 15 is 0 Å².